The van der Waals surface area contributed by atoms with Crippen LogP contribution in [0.15, 0.2) is 37.1 Å². The fraction of sp³-hybridized carbons (Fsp3) is 0.267. The van der Waals surface area contributed by atoms with Gasteiger partial charge >= 0.3 is 6.03 Å². The molecule has 3 aromatic rings. The Balaban J connectivity index is 1.30. The minimum atomic E-state index is -0.299. The van der Waals surface area contributed by atoms with Crippen molar-refractivity contribution >= 4 is 22.5 Å². The summed E-state index contributed by atoms with van der Waals surface area (Å²) in [7, 11) is 0. The Kier molecular flexibility index (Phi) is 3.91. The molecule has 0 unspecified atom stereocenters. The van der Waals surface area contributed by atoms with Crippen molar-refractivity contribution in [2.45, 2.75) is 25.3 Å². The van der Waals surface area contributed by atoms with E-state index in [1.54, 1.807) is 18.7 Å². The lowest BCUT2D eigenvalue weighted by atomic mass is 10.3. The maximum atomic E-state index is 11.9. The first kappa shape index (κ1) is 14.8. The first-order chi connectivity index (χ1) is 11.8. The Bertz CT molecular complexity index is 824. The molecule has 24 heavy (non-hydrogen) atoms. The molecule has 4 rings (SSSR count). The molecule has 1 saturated carbocycles. The Hall–Kier alpha value is -2.81. The average molecular weight is 341 g/mol. The van der Waals surface area contributed by atoms with Crippen molar-refractivity contribution in [2.24, 2.45) is 0 Å². The summed E-state index contributed by atoms with van der Waals surface area (Å²) in [4.78, 5) is 20.2. The zero-order chi connectivity index (χ0) is 16.4. The van der Waals surface area contributed by atoms with Crippen molar-refractivity contribution in [3.8, 4) is 5.82 Å². The molecule has 2 amide bonds. The van der Waals surface area contributed by atoms with Gasteiger partial charge in [-0.05, 0) is 24.5 Å². The molecule has 0 aromatic carbocycles. The number of urea groups is 1. The van der Waals surface area contributed by atoms with Gasteiger partial charge in [0.2, 0.25) is 5.13 Å². The lowest BCUT2D eigenvalue weighted by molar-refractivity contribution is 0.251. The minimum Gasteiger partial charge on any atom is -0.334 e. The molecule has 0 spiro atoms. The van der Waals surface area contributed by atoms with E-state index in [0.29, 0.717) is 17.6 Å². The summed E-state index contributed by atoms with van der Waals surface area (Å²) >= 11 is 1.44. The largest absolute Gasteiger partial charge is 0.334 e. The number of nitrogens with one attached hydrogen (secondary N) is 2. The third-order valence-corrected chi connectivity index (χ3v) is 4.62. The topological polar surface area (TPSA) is 97.6 Å². The molecule has 9 heteroatoms. The first-order valence-electron chi connectivity index (χ1n) is 7.59. The van der Waals surface area contributed by atoms with Gasteiger partial charge in [-0.3, -0.25) is 9.88 Å². The Labute approximate surface area is 142 Å². The highest BCUT2D eigenvalue weighted by Gasteiger charge is 2.27. The molecule has 3 aromatic heterocycles. The van der Waals surface area contributed by atoms with Crippen molar-refractivity contribution in [2.75, 3.05) is 5.32 Å². The lowest BCUT2D eigenvalue weighted by Gasteiger charge is -2.06. The van der Waals surface area contributed by atoms with Crippen LogP contribution in [0.3, 0.4) is 0 Å². The molecule has 8 nitrogen and oxygen atoms in total. The zero-order valence-corrected chi connectivity index (χ0v) is 13.5. The molecule has 0 aliphatic heterocycles. The van der Waals surface area contributed by atoms with Gasteiger partial charge in [0.05, 0.1) is 0 Å². The Morgan fingerprint density at radius 2 is 2.25 bits per heavy atom. The monoisotopic (exact) mass is 341 g/mol. The number of carbonyl (C=O) groups is 1. The van der Waals surface area contributed by atoms with E-state index in [4.69, 9.17) is 0 Å². The zero-order valence-electron chi connectivity index (χ0n) is 12.7. The van der Waals surface area contributed by atoms with Gasteiger partial charge in [-0.25, -0.2) is 14.8 Å². The highest BCUT2D eigenvalue weighted by molar-refractivity contribution is 7.15. The number of pyridine rings is 1. The van der Waals surface area contributed by atoms with E-state index in [9.17, 15) is 4.79 Å². The number of anilines is 1. The van der Waals surface area contributed by atoms with Crippen LogP contribution in [0.25, 0.3) is 5.82 Å². The van der Waals surface area contributed by atoms with Gasteiger partial charge in [0, 0.05) is 31.1 Å². The maximum Gasteiger partial charge on any atom is 0.321 e. The molecule has 122 valence electrons. The van der Waals surface area contributed by atoms with E-state index in [1.807, 2.05) is 22.9 Å². The van der Waals surface area contributed by atoms with Crippen LogP contribution < -0.4 is 10.6 Å². The molecule has 0 saturated heterocycles. The second-order valence-electron chi connectivity index (χ2n) is 5.52. The average Bonchev–Trinajstić information content (AvgIpc) is 3.10. The van der Waals surface area contributed by atoms with Crippen LogP contribution in [-0.2, 0) is 6.54 Å². The summed E-state index contributed by atoms with van der Waals surface area (Å²) in [6, 6.07) is 3.49. The van der Waals surface area contributed by atoms with Crippen LogP contribution >= 0.6 is 11.3 Å². The number of aromatic nitrogens is 5. The normalized spacial score (nSPS) is 13.7. The summed E-state index contributed by atoms with van der Waals surface area (Å²) in [5.74, 6) is 1.32. The summed E-state index contributed by atoms with van der Waals surface area (Å²) < 4.78 is 1.82. The van der Waals surface area contributed by atoms with E-state index >= 15 is 0 Å². The highest BCUT2D eigenvalue weighted by Crippen LogP contribution is 2.41. The van der Waals surface area contributed by atoms with Gasteiger partial charge in [-0.1, -0.05) is 17.4 Å². The van der Waals surface area contributed by atoms with Crippen molar-refractivity contribution in [3.63, 3.8) is 0 Å². The Morgan fingerprint density at radius 1 is 1.33 bits per heavy atom. The van der Waals surface area contributed by atoms with Crippen molar-refractivity contribution in [3.05, 3.63) is 47.6 Å². The number of hydrogen-bond donors (Lipinski definition) is 2. The fourth-order valence-corrected chi connectivity index (χ4v) is 3.08. The van der Waals surface area contributed by atoms with Gasteiger partial charge < -0.3 is 5.32 Å². The molecule has 0 radical (unpaired) electrons. The van der Waals surface area contributed by atoms with Crippen LogP contribution in [0, 0.1) is 0 Å². The van der Waals surface area contributed by atoms with E-state index in [2.05, 4.69) is 30.8 Å². The van der Waals surface area contributed by atoms with Crippen molar-refractivity contribution in [1.82, 2.24) is 30.0 Å². The maximum absolute atomic E-state index is 11.9. The molecule has 0 bridgehead atoms. The summed E-state index contributed by atoms with van der Waals surface area (Å²) in [5.41, 5.74) is 0.907. The van der Waals surface area contributed by atoms with Gasteiger partial charge in [-0.2, -0.15) is 0 Å². The predicted octanol–water partition coefficient (Wildman–Crippen LogP) is 2.32. The second-order valence-corrected chi connectivity index (χ2v) is 6.53. The van der Waals surface area contributed by atoms with E-state index in [0.717, 1.165) is 16.4 Å². The molecular formula is C15H15N7OS. The SMILES string of the molecule is O=C(NCc1ccc(-n2ccnc2)nc1)Nc1nnc(C2CC2)s1. The van der Waals surface area contributed by atoms with Crippen molar-refractivity contribution in [1.29, 1.82) is 0 Å². The molecule has 2 N–H and O–H groups in total. The van der Waals surface area contributed by atoms with Crippen LogP contribution in [0.2, 0.25) is 0 Å². The number of nitrogens with zero attached hydrogens (tertiary/aromatic N) is 5. The van der Waals surface area contributed by atoms with Gasteiger partial charge in [0.15, 0.2) is 0 Å². The number of carbonyl (C=O) groups excluding carboxylic acids is 1. The molecule has 0 atom stereocenters. The number of amides is 2. The molecule has 1 aliphatic carbocycles. The van der Waals surface area contributed by atoms with Crippen LogP contribution in [0.4, 0.5) is 9.93 Å². The first-order valence-corrected chi connectivity index (χ1v) is 8.41. The lowest BCUT2D eigenvalue weighted by Crippen LogP contribution is -2.28. The summed E-state index contributed by atoms with van der Waals surface area (Å²) in [6.07, 6.45) is 9.28. The Morgan fingerprint density at radius 3 is 2.96 bits per heavy atom. The highest BCUT2D eigenvalue weighted by atomic mass is 32.1. The summed E-state index contributed by atoms with van der Waals surface area (Å²) in [5, 5.41) is 15.1. The van der Waals surface area contributed by atoms with Crippen LogP contribution in [-0.4, -0.2) is 30.8 Å². The van der Waals surface area contributed by atoms with E-state index < -0.39 is 0 Å². The standard InChI is InChI=1S/C15H15N7OS/c23-14(19-15-21-20-13(24-15)11-2-3-11)18-8-10-1-4-12(17-7-10)22-6-5-16-9-22/h1,4-7,9,11H,2-3,8H2,(H2,18,19,21,23). The molecule has 1 aliphatic rings. The van der Waals surface area contributed by atoms with Crippen molar-refractivity contribution < 1.29 is 4.79 Å². The third kappa shape index (κ3) is 3.40. The molecular weight excluding hydrogens is 326 g/mol. The van der Waals surface area contributed by atoms with Crippen LogP contribution in [0.5, 0.6) is 0 Å². The third-order valence-electron chi connectivity index (χ3n) is 3.62. The van der Waals surface area contributed by atoms with E-state index in [-0.39, 0.29) is 6.03 Å². The minimum absolute atomic E-state index is 0.299. The number of imidazole rings is 1. The van der Waals surface area contributed by atoms with Crippen LogP contribution in [0.1, 0.15) is 29.3 Å². The molecule has 1 fully saturated rings. The van der Waals surface area contributed by atoms with E-state index in [1.165, 1.54) is 24.2 Å². The molecule has 3 heterocycles. The summed E-state index contributed by atoms with van der Waals surface area (Å²) in [6.45, 7) is 0.386. The smallest absolute Gasteiger partial charge is 0.321 e. The predicted molar refractivity (Wildman–Crippen MR) is 89.1 cm³/mol. The number of hydrogen-bond acceptors (Lipinski definition) is 6. The fourth-order valence-electron chi connectivity index (χ4n) is 2.17. The number of rotatable bonds is 5. The quantitative estimate of drug-likeness (QED) is 0.742. The van der Waals surface area contributed by atoms with Gasteiger partial charge in [-0.15, -0.1) is 10.2 Å². The second kappa shape index (κ2) is 6.36. The van der Waals surface area contributed by atoms with Gasteiger partial charge in [0.25, 0.3) is 0 Å². The van der Waals surface area contributed by atoms with Gasteiger partial charge in [0.1, 0.15) is 17.2 Å².